The third-order valence-corrected chi connectivity index (χ3v) is 3.64. The van der Waals surface area contributed by atoms with E-state index in [2.05, 4.69) is 16.0 Å². The molecular formula is C15H17N3O2S. The quantitative estimate of drug-likeness (QED) is 0.794. The van der Waals surface area contributed by atoms with E-state index in [9.17, 15) is 9.59 Å². The molecule has 0 bridgehead atoms. The lowest BCUT2D eigenvalue weighted by Gasteiger charge is -2.09. The summed E-state index contributed by atoms with van der Waals surface area (Å²) in [5.74, 6) is -0.163. The van der Waals surface area contributed by atoms with Gasteiger partial charge >= 0.3 is 0 Å². The minimum absolute atomic E-state index is 0.0747. The number of hydrogen-bond donors (Lipinski definition) is 3. The first-order chi connectivity index (χ1) is 10.0. The zero-order valence-electron chi connectivity index (χ0n) is 11.9. The first-order valence-corrected chi connectivity index (χ1v) is 7.38. The third kappa shape index (κ3) is 4.61. The standard InChI is InChI=1S/C15H17N3O2S/c1-10(19)17-13-5-3-12(4-6-13)16-9-15-14(7-8-21-15)18-11(2)20/h3-8,16H,9H2,1-2H3,(H,17,19)(H,18,20). The molecule has 2 amide bonds. The van der Waals surface area contributed by atoms with Crippen LogP contribution in [-0.4, -0.2) is 11.8 Å². The lowest BCUT2D eigenvalue weighted by molar-refractivity contribution is -0.115. The van der Waals surface area contributed by atoms with Gasteiger partial charge in [-0.25, -0.2) is 0 Å². The van der Waals surface area contributed by atoms with Gasteiger partial charge in [-0.3, -0.25) is 9.59 Å². The van der Waals surface area contributed by atoms with E-state index in [1.165, 1.54) is 13.8 Å². The van der Waals surface area contributed by atoms with Crippen molar-refractivity contribution in [3.05, 3.63) is 40.6 Å². The van der Waals surface area contributed by atoms with Crippen molar-refractivity contribution in [2.75, 3.05) is 16.0 Å². The van der Waals surface area contributed by atoms with E-state index in [1.54, 1.807) is 11.3 Å². The number of benzene rings is 1. The Balaban J connectivity index is 1.95. The highest BCUT2D eigenvalue weighted by Crippen LogP contribution is 2.24. The highest BCUT2D eigenvalue weighted by Gasteiger charge is 2.05. The molecule has 0 aliphatic heterocycles. The van der Waals surface area contributed by atoms with E-state index in [1.807, 2.05) is 35.7 Å². The molecule has 1 aromatic carbocycles. The van der Waals surface area contributed by atoms with Crippen LogP contribution in [0.15, 0.2) is 35.7 Å². The fourth-order valence-corrected chi connectivity index (χ4v) is 2.61. The van der Waals surface area contributed by atoms with E-state index < -0.39 is 0 Å². The van der Waals surface area contributed by atoms with Crippen LogP contribution in [0.2, 0.25) is 0 Å². The molecule has 1 heterocycles. The lowest BCUT2D eigenvalue weighted by Crippen LogP contribution is -2.08. The number of amides is 2. The summed E-state index contributed by atoms with van der Waals surface area (Å²) in [5, 5.41) is 10.8. The van der Waals surface area contributed by atoms with Crippen molar-refractivity contribution in [1.82, 2.24) is 0 Å². The Labute approximate surface area is 127 Å². The van der Waals surface area contributed by atoms with Crippen LogP contribution in [0.5, 0.6) is 0 Å². The number of carbonyl (C=O) groups excluding carboxylic acids is 2. The normalized spacial score (nSPS) is 10.0. The van der Waals surface area contributed by atoms with Crippen molar-refractivity contribution in [3.8, 4) is 0 Å². The summed E-state index contributed by atoms with van der Waals surface area (Å²) in [6.45, 7) is 3.61. The first kappa shape index (κ1) is 15.1. The smallest absolute Gasteiger partial charge is 0.221 e. The van der Waals surface area contributed by atoms with Crippen LogP contribution in [-0.2, 0) is 16.1 Å². The minimum Gasteiger partial charge on any atom is -0.380 e. The van der Waals surface area contributed by atoms with Crippen molar-refractivity contribution in [1.29, 1.82) is 0 Å². The van der Waals surface area contributed by atoms with Crippen molar-refractivity contribution in [3.63, 3.8) is 0 Å². The molecule has 0 spiro atoms. The van der Waals surface area contributed by atoms with Crippen molar-refractivity contribution >= 4 is 40.2 Å². The Bertz CT molecular complexity index is 635. The molecule has 21 heavy (non-hydrogen) atoms. The zero-order chi connectivity index (χ0) is 15.2. The van der Waals surface area contributed by atoms with Crippen LogP contribution in [0.4, 0.5) is 17.1 Å². The topological polar surface area (TPSA) is 70.2 Å². The lowest BCUT2D eigenvalue weighted by atomic mass is 10.2. The van der Waals surface area contributed by atoms with Gasteiger partial charge in [-0.05, 0) is 35.7 Å². The van der Waals surface area contributed by atoms with Gasteiger partial charge in [0.1, 0.15) is 0 Å². The fourth-order valence-electron chi connectivity index (χ4n) is 1.84. The molecule has 0 atom stereocenters. The maximum absolute atomic E-state index is 11.1. The highest BCUT2D eigenvalue weighted by atomic mass is 32.1. The second-order valence-electron chi connectivity index (χ2n) is 4.55. The van der Waals surface area contributed by atoms with Gasteiger partial charge in [0.15, 0.2) is 0 Å². The van der Waals surface area contributed by atoms with E-state index >= 15 is 0 Å². The van der Waals surface area contributed by atoms with Crippen LogP contribution in [0.3, 0.4) is 0 Å². The second-order valence-corrected chi connectivity index (χ2v) is 5.55. The Morgan fingerprint density at radius 1 is 0.952 bits per heavy atom. The first-order valence-electron chi connectivity index (χ1n) is 6.50. The van der Waals surface area contributed by atoms with Crippen LogP contribution < -0.4 is 16.0 Å². The van der Waals surface area contributed by atoms with E-state index in [0.717, 1.165) is 21.9 Å². The Morgan fingerprint density at radius 3 is 2.19 bits per heavy atom. The Hall–Kier alpha value is -2.34. The van der Waals surface area contributed by atoms with Gasteiger partial charge < -0.3 is 16.0 Å². The summed E-state index contributed by atoms with van der Waals surface area (Å²) >= 11 is 1.59. The average molecular weight is 303 g/mol. The van der Waals surface area contributed by atoms with Crippen LogP contribution in [0.25, 0.3) is 0 Å². The molecule has 0 unspecified atom stereocenters. The zero-order valence-corrected chi connectivity index (χ0v) is 12.7. The molecule has 1 aromatic heterocycles. The predicted molar refractivity (Wildman–Crippen MR) is 86.7 cm³/mol. The molecule has 3 N–H and O–H groups in total. The summed E-state index contributed by atoms with van der Waals surface area (Å²) in [5.41, 5.74) is 2.56. The van der Waals surface area contributed by atoms with E-state index in [0.29, 0.717) is 6.54 Å². The predicted octanol–water partition coefficient (Wildman–Crippen LogP) is 3.28. The van der Waals surface area contributed by atoms with Crippen LogP contribution in [0, 0.1) is 0 Å². The number of nitrogens with one attached hydrogen (secondary N) is 3. The van der Waals surface area contributed by atoms with E-state index in [4.69, 9.17) is 0 Å². The molecule has 6 heteroatoms. The average Bonchev–Trinajstić information content (AvgIpc) is 2.84. The van der Waals surface area contributed by atoms with Crippen LogP contribution >= 0.6 is 11.3 Å². The number of carbonyl (C=O) groups is 2. The minimum atomic E-state index is -0.0887. The molecule has 110 valence electrons. The largest absolute Gasteiger partial charge is 0.380 e. The molecule has 5 nitrogen and oxygen atoms in total. The second kappa shape index (κ2) is 6.90. The summed E-state index contributed by atoms with van der Waals surface area (Å²) in [7, 11) is 0. The Kier molecular flexibility index (Phi) is 4.94. The highest BCUT2D eigenvalue weighted by molar-refractivity contribution is 7.10. The molecule has 2 rings (SSSR count). The number of thiophene rings is 1. The molecule has 0 aliphatic carbocycles. The maximum atomic E-state index is 11.1. The van der Waals surface area contributed by atoms with Crippen LogP contribution in [0.1, 0.15) is 18.7 Å². The van der Waals surface area contributed by atoms with Gasteiger partial charge in [0.25, 0.3) is 0 Å². The molecule has 0 saturated heterocycles. The van der Waals surface area contributed by atoms with Gasteiger partial charge in [0, 0.05) is 30.1 Å². The van der Waals surface area contributed by atoms with Gasteiger partial charge in [-0.1, -0.05) is 0 Å². The molecular weight excluding hydrogens is 286 g/mol. The van der Waals surface area contributed by atoms with Gasteiger partial charge in [-0.15, -0.1) is 11.3 Å². The number of rotatable bonds is 5. The fraction of sp³-hybridized carbons (Fsp3) is 0.200. The van der Waals surface area contributed by atoms with Crippen molar-refractivity contribution < 1.29 is 9.59 Å². The molecule has 0 fully saturated rings. The van der Waals surface area contributed by atoms with E-state index in [-0.39, 0.29) is 11.8 Å². The van der Waals surface area contributed by atoms with Crippen molar-refractivity contribution in [2.45, 2.75) is 20.4 Å². The maximum Gasteiger partial charge on any atom is 0.221 e. The Morgan fingerprint density at radius 2 is 1.57 bits per heavy atom. The summed E-state index contributed by atoms with van der Waals surface area (Å²) in [6.07, 6.45) is 0. The third-order valence-electron chi connectivity index (χ3n) is 2.71. The number of hydrogen-bond acceptors (Lipinski definition) is 4. The molecule has 0 saturated carbocycles. The summed E-state index contributed by atoms with van der Waals surface area (Å²) < 4.78 is 0. The van der Waals surface area contributed by atoms with Gasteiger partial charge in [-0.2, -0.15) is 0 Å². The summed E-state index contributed by atoms with van der Waals surface area (Å²) in [4.78, 5) is 23.1. The molecule has 0 radical (unpaired) electrons. The van der Waals surface area contributed by atoms with Crippen molar-refractivity contribution in [2.24, 2.45) is 0 Å². The van der Waals surface area contributed by atoms with Gasteiger partial charge in [0.2, 0.25) is 11.8 Å². The SMILES string of the molecule is CC(=O)Nc1ccc(NCc2sccc2NC(C)=O)cc1. The summed E-state index contributed by atoms with van der Waals surface area (Å²) in [6, 6.07) is 9.37. The van der Waals surface area contributed by atoms with Gasteiger partial charge in [0.05, 0.1) is 12.2 Å². The number of anilines is 3. The molecule has 0 aliphatic rings. The monoisotopic (exact) mass is 303 g/mol. The molecule has 2 aromatic rings.